The van der Waals surface area contributed by atoms with Crippen LogP contribution in [0.15, 0.2) is 42.5 Å². The summed E-state index contributed by atoms with van der Waals surface area (Å²) < 4.78 is 39.4. The fourth-order valence-corrected chi connectivity index (χ4v) is 5.14. The molecule has 0 aliphatic heterocycles. The maximum atomic E-state index is 13.4. The number of carbonyl (C=O) groups is 2. The fraction of sp³-hybridized carbons (Fsp3) is 0.440. The number of benzene rings is 2. The van der Waals surface area contributed by atoms with Crippen molar-refractivity contribution in [1.82, 2.24) is 10.2 Å². The molecule has 198 valence electrons. The van der Waals surface area contributed by atoms with Gasteiger partial charge in [0.15, 0.2) is 0 Å². The van der Waals surface area contributed by atoms with E-state index in [2.05, 4.69) is 5.32 Å². The molecule has 11 heteroatoms. The highest BCUT2D eigenvalue weighted by Gasteiger charge is 2.29. The molecule has 2 amide bonds. The lowest BCUT2D eigenvalue weighted by Crippen LogP contribution is -2.49. The molecule has 0 aliphatic carbocycles. The first kappa shape index (κ1) is 29.9. The molecule has 0 fully saturated rings. The molecule has 0 saturated heterocycles. The van der Waals surface area contributed by atoms with Crippen LogP contribution in [0.5, 0.6) is 0 Å². The second-order valence-electron chi connectivity index (χ2n) is 8.40. The van der Waals surface area contributed by atoms with Gasteiger partial charge >= 0.3 is 0 Å². The van der Waals surface area contributed by atoms with Crippen LogP contribution in [0.3, 0.4) is 0 Å². The Balaban J connectivity index is 2.23. The number of nitrogens with one attached hydrogen (secondary N) is 1. The molecule has 0 spiro atoms. The van der Waals surface area contributed by atoms with E-state index in [9.17, 15) is 22.4 Å². The van der Waals surface area contributed by atoms with E-state index in [-0.39, 0.29) is 48.5 Å². The van der Waals surface area contributed by atoms with Crippen LogP contribution in [-0.2, 0) is 26.2 Å². The van der Waals surface area contributed by atoms with Gasteiger partial charge in [-0.15, -0.1) is 0 Å². The van der Waals surface area contributed by atoms with Crippen LogP contribution < -0.4 is 9.62 Å². The minimum atomic E-state index is -3.71. The molecule has 1 atom stereocenters. The van der Waals surface area contributed by atoms with E-state index < -0.39 is 21.9 Å². The van der Waals surface area contributed by atoms with E-state index >= 15 is 0 Å². The zero-order valence-corrected chi connectivity index (χ0v) is 23.0. The topological polar surface area (TPSA) is 86.8 Å². The predicted octanol–water partition coefficient (Wildman–Crippen LogP) is 5.01. The Kier molecular flexibility index (Phi) is 11.5. The molecule has 0 bridgehead atoms. The van der Waals surface area contributed by atoms with Crippen LogP contribution in [0.25, 0.3) is 0 Å². The Labute approximate surface area is 222 Å². The monoisotopic (exact) mass is 559 g/mol. The number of nitrogens with zero attached hydrogens (tertiary/aromatic N) is 2. The summed E-state index contributed by atoms with van der Waals surface area (Å²) in [5.74, 6) is -0.980. The lowest BCUT2D eigenvalue weighted by molar-refractivity contribution is -0.141. The SMILES string of the molecule is CCCNC(=O)[C@@H](CC)N(Cc1ccc(F)cc1)C(=O)CCCN(c1cc(Cl)ccc1Cl)S(C)(=O)=O. The van der Waals surface area contributed by atoms with Gasteiger partial charge in [-0.2, -0.15) is 0 Å². The molecule has 2 aromatic carbocycles. The summed E-state index contributed by atoms with van der Waals surface area (Å²) in [5, 5.41) is 3.38. The van der Waals surface area contributed by atoms with Gasteiger partial charge in [0.1, 0.15) is 11.9 Å². The van der Waals surface area contributed by atoms with Crippen molar-refractivity contribution in [3.05, 3.63) is 63.9 Å². The maximum absolute atomic E-state index is 13.4. The Morgan fingerprint density at radius 2 is 1.75 bits per heavy atom. The zero-order chi connectivity index (χ0) is 26.9. The Hall–Kier alpha value is -2.36. The molecule has 2 rings (SSSR count). The van der Waals surface area contributed by atoms with Crippen LogP contribution in [-0.4, -0.2) is 50.5 Å². The van der Waals surface area contributed by atoms with Gasteiger partial charge in [-0.25, -0.2) is 12.8 Å². The molecule has 0 heterocycles. The number of hydrogen-bond acceptors (Lipinski definition) is 4. The van der Waals surface area contributed by atoms with Gasteiger partial charge in [0.05, 0.1) is 17.0 Å². The number of amides is 2. The van der Waals surface area contributed by atoms with Gasteiger partial charge < -0.3 is 10.2 Å². The Bertz CT molecular complexity index is 1150. The number of anilines is 1. The third-order valence-electron chi connectivity index (χ3n) is 5.53. The van der Waals surface area contributed by atoms with Crippen molar-refractivity contribution >= 4 is 50.7 Å². The smallest absolute Gasteiger partial charge is 0.242 e. The van der Waals surface area contributed by atoms with Gasteiger partial charge in [-0.3, -0.25) is 13.9 Å². The third kappa shape index (κ3) is 8.64. The minimum Gasteiger partial charge on any atom is -0.354 e. The van der Waals surface area contributed by atoms with Crippen molar-refractivity contribution in [2.75, 3.05) is 23.7 Å². The van der Waals surface area contributed by atoms with E-state index in [1.165, 1.54) is 29.2 Å². The van der Waals surface area contributed by atoms with Crippen molar-refractivity contribution in [2.24, 2.45) is 0 Å². The molecule has 0 radical (unpaired) electrons. The van der Waals surface area contributed by atoms with Gasteiger partial charge in [0, 0.05) is 31.1 Å². The average molecular weight is 561 g/mol. The van der Waals surface area contributed by atoms with E-state index in [1.807, 2.05) is 13.8 Å². The van der Waals surface area contributed by atoms with Gasteiger partial charge in [-0.05, 0) is 55.2 Å². The first-order valence-corrected chi connectivity index (χ1v) is 14.3. The molecular weight excluding hydrogens is 528 g/mol. The molecule has 36 heavy (non-hydrogen) atoms. The molecular formula is C25H32Cl2FN3O4S. The average Bonchev–Trinajstić information content (AvgIpc) is 2.82. The highest BCUT2D eigenvalue weighted by Crippen LogP contribution is 2.31. The van der Waals surface area contributed by atoms with Crippen LogP contribution in [0, 0.1) is 5.82 Å². The summed E-state index contributed by atoms with van der Waals surface area (Å²) in [6, 6.07) is 9.54. The molecule has 0 unspecified atom stereocenters. The van der Waals surface area contributed by atoms with Gasteiger partial charge in [0.25, 0.3) is 0 Å². The fourth-order valence-electron chi connectivity index (χ4n) is 3.73. The molecule has 7 nitrogen and oxygen atoms in total. The first-order chi connectivity index (χ1) is 17.0. The third-order valence-corrected chi connectivity index (χ3v) is 7.27. The Morgan fingerprint density at radius 3 is 2.33 bits per heavy atom. The zero-order valence-electron chi connectivity index (χ0n) is 20.6. The van der Waals surface area contributed by atoms with E-state index in [1.54, 1.807) is 18.2 Å². The van der Waals surface area contributed by atoms with Crippen LogP contribution >= 0.6 is 23.2 Å². The lowest BCUT2D eigenvalue weighted by atomic mass is 10.1. The molecule has 0 aromatic heterocycles. The number of sulfonamides is 1. The summed E-state index contributed by atoms with van der Waals surface area (Å²) in [4.78, 5) is 27.6. The standard InChI is InChI=1S/C25H32Cl2FN3O4S/c1-4-14-29-25(33)22(5-2)30(17-18-8-11-20(28)12-9-18)24(32)7-6-15-31(36(3,34)35)23-16-19(26)10-13-21(23)27/h8-13,16,22H,4-7,14-15,17H2,1-3H3,(H,29,33)/t22-/m1/s1. The summed E-state index contributed by atoms with van der Waals surface area (Å²) in [5.41, 5.74) is 0.905. The number of carbonyl (C=O) groups excluding carboxylic acids is 2. The summed E-state index contributed by atoms with van der Waals surface area (Å²) in [6.45, 7) is 4.34. The van der Waals surface area contributed by atoms with Crippen molar-refractivity contribution in [3.63, 3.8) is 0 Å². The summed E-state index contributed by atoms with van der Waals surface area (Å²) in [6.07, 6.45) is 2.36. The quantitative estimate of drug-likeness (QED) is 0.373. The lowest BCUT2D eigenvalue weighted by Gasteiger charge is -2.31. The summed E-state index contributed by atoms with van der Waals surface area (Å²) >= 11 is 12.3. The first-order valence-electron chi connectivity index (χ1n) is 11.7. The van der Waals surface area contributed by atoms with Gasteiger partial charge in [-0.1, -0.05) is 49.2 Å². The summed E-state index contributed by atoms with van der Waals surface area (Å²) in [7, 11) is -3.71. The predicted molar refractivity (Wildman–Crippen MR) is 142 cm³/mol. The van der Waals surface area contributed by atoms with Crippen molar-refractivity contribution in [2.45, 2.75) is 52.1 Å². The molecule has 0 saturated carbocycles. The van der Waals surface area contributed by atoms with Gasteiger partial charge in [0.2, 0.25) is 21.8 Å². The van der Waals surface area contributed by atoms with Crippen molar-refractivity contribution < 1.29 is 22.4 Å². The number of hydrogen-bond donors (Lipinski definition) is 1. The van der Waals surface area contributed by atoms with Crippen LogP contribution in [0.4, 0.5) is 10.1 Å². The highest BCUT2D eigenvalue weighted by atomic mass is 35.5. The number of rotatable bonds is 13. The molecule has 1 N–H and O–H groups in total. The largest absolute Gasteiger partial charge is 0.354 e. The van der Waals surface area contributed by atoms with E-state index in [0.717, 1.165) is 17.0 Å². The Morgan fingerprint density at radius 1 is 1.08 bits per heavy atom. The van der Waals surface area contributed by atoms with Crippen molar-refractivity contribution in [1.29, 1.82) is 0 Å². The van der Waals surface area contributed by atoms with Crippen LogP contribution in [0.1, 0.15) is 45.1 Å². The van der Waals surface area contributed by atoms with E-state index in [4.69, 9.17) is 23.2 Å². The second kappa shape index (κ2) is 13.8. The maximum Gasteiger partial charge on any atom is 0.242 e. The molecule has 0 aliphatic rings. The van der Waals surface area contributed by atoms with Crippen LogP contribution in [0.2, 0.25) is 10.0 Å². The molecule has 2 aromatic rings. The normalized spacial score (nSPS) is 12.2. The number of halogens is 3. The van der Waals surface area contributed by atoms with E-state index in [0.29, 0.717) is 23.6 Å². The van der Waals surface area contributed by atoms with Crippen molar-refractivity contribution in [3.8, 4) is 0 Å². The highest BCUT2D eigenvalue weighted by molar-refractivity contribution is 7.92. The minimum absolute atomic E-state index is 0.00610. The second-order valence-corrected chi connectivity index (χ2v) is 11.1.